The molecule has 0 saturated carbocycles. The van der Waals surface area contributed by atoms with Gasteiger partial charge in [0.25, 0.3) is 5.69 Å². The molecule has 2 rings (SSSR count). The predicted octanol–water partition coefficient (Wildman–Crippen LogP) is 2.09. The maximum atomic E-state index is 11.7. The molecule has 0 spiro atoms. The molecule has 0 aliphatic rings. The van der Waals surface area contributed by atoms with Crippen LogP contribution in [0, 0.1) is 10.1 Å². The fourth-order valence-electron chi connectivity index (χ4n) is 1.45. The highest BCUT2D eigenvalue weighted by atomic mass is 35.5. The highest BCUT2D eigenvalue weighted by Gasteiger charge is 2.11. The van der Waals surface area contributed by atoms with Crippen molar-refractivity contribution < 1.29 is 9.72 Å². The van der Waals surface area contributed by atoms with Crippen molar-refractivity contribution in [2.24, 2.45) is 0 Å². The topological polar surface area (TPSA) is 110 Å². The van der Waals surface area contributed by atoms with E-state index in [0.717, 1.165) is 12.3 Å². The lowest BCUT2D eigenvalue weighted by Crippen LogP contribution is -2.22. The van der Waals surface area contributed by atoms with Crippen molar-refractivity contribution in [3.05, 3.63) is 51.8 Å². The second-order valence-electron chi connectivity index (χ2n) is 3.90. The summed E-state index contributed by atoms with van der Waals surface area (Å²) in [6.07, 6.45) is 2.61. The van der Waals surface area contributed by atoms with E-state index in [4.69, 9.17) is 11.6 Å². The standard InChI is InChI=1S/C12H10ClN5O3/c13-9-5-8(18(20)21)6-15-12(9)16-7-11(19)17-10-3-1-2-4-14-10/h1-6H,7H2,(H,15,16)(H,14,17,19). The lowest BCUT2D eigenvalue weighted by Gasteiger charge is -2.07. The predicted molar refractivity (Wildman–Crippen MR) is 77.3 cm³/mol. The van der Waals surface area contributed by atoms with Crippen molar-refractivity contribution in [2.45, 2.75) is 0 Å². The van der Waals surface area contributed by atoms with Crippen LogP contribution in [0.5, 0.6) is 0 Å². The second kappa shape index (κ2) is 6.62. The number of hydrogen-bond acceptors (Lipinski definition) is 6. The third kappa shape index (κ3) is 4.11. The van der Waals surface area contributed by atoms with Crippen LogP contribution in [0.2, 0.25) is 5.02 Å². The Morgan fingerprint density at radius 1 is 1.38 bits per heavy atom. The zero-order chi connectivity index (χ0) is 15.2. The van der Waals surface area contributed by atoms with Gasteiger partial charge in [0.15, 0.2) is 0 Å². The monoisotopic (exact) mass is 307 g/mol. The number of halogens is 1. The van der Waals surface area contributed by atoms with Gasteiger partial charge in [-0.15, -0.1) is 0 Å². The first-order valence-electron chi connectivity index (χ1n) is 5.81. The normalized spacial score (nSPS) is 9.95. The smallest absolute Gasteiger partial charge is 0.289 e. The zero-order valence-electron chi connectivity index (χ0n) is 10.6. The number of carbonyl (C=O) groups excluding carboxylic acids is 1. The highest BCUT2D eigenvalue weighted by Crippen LogP contribution is 2.23. The quantitative estimate of drug-likeness (QED) is 0.646. The van der Waals surface area contributed by atoms with E-state index in [0.29, 0.717) is 5.82 Å². The Balaban J connectivity index is 1.94. The van der Waals surface area contributed by atoms with Gasteiger partial charge in [0.05, 0.1) is 16.5 Å². The van der Waals surface area contributed by atoms with Gasteiger partial charge in [-0.05, 0) is 12.1 Å². The van der Waals surface area contributed by atoms with Crippen LogP contribution in [-0.4, -0.2) is 27.3 Å². The third-order valence-electron chi connectivity index (χ3n) is 2.39. The van der Waals surface area contributed by atoms with Crippen LogP contribution in [0.25, 0.3) is 0 Å². The first-order chi connectivity index (χ1) is 10.1. The van der Waals surface area contributed by atoms with Gasteiger partial charge in [-0.25, -0.2) is 9.97 Å². The van der Waals surface area contributed by atoms with Crippen LogP contribution in [0.15, 0.2) is 36.7 Å². The van der Waals surface area contributed by atoms with E-state index in [9.17, 15) is 14.9 Å². The van der Waals surface area contributed by atoms with Gasteiger partial charge in [-0.2, -0.15) is 0 Å². The van der Waals surface area contributed by atoms with E-state index in [1.807, 2.05) is 0 Å². The van der Waals surface area contributed by atoms with Crippen LogP contribution in [0.4, 0.5) is 17.3 Å². The summed E-state index contributed by atoms with van der Waals surface area (Å²) in [5.74, 6) is 0.274. The third-order valence-corrected chi connectivity index (χ3v) is 2.67. The molecule has 0 aromatic carbocycles. The van der Waals surface area contributed by atoms with Crippen LogP contribution in [0.1, 0.15) is 0 Å². The maximum Gasteiger partial charge on any atom is 0.289 e. The summed E-state index contributed by atoms with van der Waals surface area (Å²) in [7, 11) is 0. The molecule has 2 aromatic heterocycles. The Labute approximate surface area is 124 Å². The molecule has 108 valence electrons. The van der Waals surface area contributed by atoms with Gasteiger partial charge in [0, 0.05) is 12.3 Å². The number of nitrogens with zero attached hydrogens (tertiary/aromatic N) is 3. The number of hydrogen-bond donors (Lipinski definition) is 2. The molecule has 0 aliphatic heterocycles. The number of nitro groups is 1. The number of pyridine rings is 2. The molecule has 2 heterocycles. The number of anilines is 2. The molecule has 0 atom stereocenters. The molecule has 21 heavy (non-hydrogen) atoms. The molecule has 9 heteroatoms. The number of carbonyl (C=O) groups is 1. The van der Waals surface area contributed by atoms with Gasteiger partial charge >= 0.3 is 0 Å². The molecule has 8 nitrogen and oxygen atoms in total. The summed E-state index contributed by atoms with van der Waals surface area (Å²) in [4.78, 5) is 29.4. The number of aromatic nitrogens is 2. The fraction of sp³-hybridized carbons (Fsp3) is 0.0833. The van der Waals surface area contributed by atoms with Crippen molar-refractivity contribution in [3.63, 3.8) is 0 Å². The van der Waals surface area contributed by atoms with Crippen LogP contribution < -0.4 is 10.6 Å². The molecular formula is C12H10ClN5O3. The Kier molecular flexibility index (Phi) is 4.62. The largest absolute Gasteiger partial charge is 0.360 e. The summed E-state index contributed by atoms with van der Waals surface area (Å²) < 4.78 is 0. The molecule has 0 bridgehead atoms. The Hall–Kier alpha value is -2.74. The SMILES string of the molecule is O=C(CNc1ncc([N+](=O)[O-])cc1Cl)Nc1ccccn1. The second-order valence-corrected chi connectivity index (χ2v) is 4.30. The molecule has 2 N–H and O–H groups in total. The number of nitrogens with one attached hydrogen (secondary N) is 2. The summed E-state index contributed by atoms with van der Waals surface area (Å²) in [5, 5.41) is 15.9. The van der Waals surface area contributed by atoms with E-state index in [2.05, 4.69) is 20.6 Å². The van der Waals surface area contributed by atoms with Crippen LogP contribution >= 0.6 is 11.6 Å². The highest BCUT2D eigenvalue weighted by molar-refractivity contribution is 6.33. The summed E-state index contributed by atoms with van der Waals surface area (Å²) in [6, 6.07) is 6.28. The Morgan fingerprint density at radius 2 is 2.19 bits per heavy atom. The average molecular weight is 308 g/mol. The van der Waals surface area contributed by atoms with Gasteiger partial charge in [0.1, 0.15) is 17.8 Å². The summed E-state index contributed by atoms with van der Waals surface area (Å²) in [5.41, 5.74) is -0.219. The summed E-state index contributed by atoms with van der Waals surface area (Å²) in [6.45, 7) is -0.0961. The van der Waals surface area contributed by atoms with E-state index < -0.39 is 4.92 Å². The summed E-state index contributed by atoms with van der Waals surface area (Å²) >= 11 is 5.84. The van der Waals surface area contributed by atoms with Gasteiger partial charge in [-0.3, -0.25) is 14.9 Å². The van der Waals surface area contributed by atoms with E-state index >= 15 is 0 Å². The van der Waals surface area contributed by atoms with E-state index in [1.54, 1.807) is 24.4 Å². The minimum absolute atomic E-state index is 0.0647. The minimum Gasteiger partial charge on any atom is -0.360 e. The van der Waals surface area contributed by atoms with Crippen molar-refractivity contribution in [1.29, 1.82) is 0 Å². The molecule has 0 radical (unpaired) electrons. The van der Waals surface area contributed by atoms with Gasteiger partial charge in [-0.1, -0.05) is 17.7 Å². The zero-order valence-corrected chi connectivity index (χ0v) is 11.4. The molecule has 1 amide bonds. The molecule has 0 saturated heterocycles. The fourth-order valence-corrected chi connectivity index (χ4v) is 1.67. The molecule has 0 unspecified atom stereocenters. The van der Waals surface area contributed by atoms with Crippen LogP contribution in [0.3, 0.4) is 0 Å². The van der Waals surface area contributed by atoms with Crippen molar-refractivity contribution in [1.82, 2.24) is 9.97 Å². The number of amides is 1. The molecule has 0 aliphatic carbocycles. The van der Waals surface area contributed by atoms with Crippen molar-refractivity contribution in [3.8, 4) is 0 Å². The minimum atomic E-state index is -0.601. The number of rotatable bonds is 5. The molecule has 2 aromatic rings. The van der Waals surface area contributed by atoms with E-state index in [1.165, 1.54) is 0 Å². The Morgan fingerprint density at radius 3 is 2.81 bits per heavy atom. The van der Waals surface area contributed by atoms with E-state index in [-0.39, 0.29) is 29.0 Å². The van der Waals surface area contributed by atoms with Crippen molar-refractivity contribution >= 4 is 34.8 Å². The lowest BCUT2D eigenvalue weighted by atomic mass is 10.4. The molecule has 0 fully saturated rings. The maximum absolute atomic E-state index is 11.7. The first-order valence-corrected chi connectivity index (χ1v) is 6.19. The molecular weight excluding hydrogens is 298 g/mol. The van der Waals surface area contributed by atoms with Gasteiger partial charge < -0.3 is 10.6 Å². The van der Waals surface area contributed by atoms with Crippen LogP contribution in [-0.2, 0) is 4.79 Å². The first kappa shape index (κ1) is 14.7. The van der Waals surface area contributed by atoms with Crippen molar-refractivity contribution in [2.75, 3.05) is 17.2 Å². The van der Waals surface area contributed by atoms with Gasteiger partial charge in [0.2, 0.25) is 5.91 Å². The lowest BCUT2D eigenvalue weighted by molar-refractivity contribution is -0.385. The average Bonchev–Trinajstić information content (AvgIpc) is 2.47. The Bertz CT molecular complexity index is 665.